The number of hydrogen-bond donors (Lipinski definition) is 2. The van der Waals surface area contributed by atoms with Gasteiger partial charge in [-0.25, -0.2) is 29.0 Å². The molecule has 16 heavy (non-hydrogen) atoms. The lowest BCUT2D eigenvalue weighted by atomic mass is 10.4. The van der Waals surface area contributed by atoms with Crippen molar-refractivity contribution in [2.24, 2.45) is 0 Å². The van der Waals surface area contributed by atoms with E-state index >= 15 is 0 Å². The van der Waals surface area contributed by atoms with Gasteiger partial charge < -0.3 is 14.9 Å². The molecular weight excluding hydrogens is 228 g/mol. The second kappa shape index (κ2) is 6.35. The van der Waals surface area contributed by atoms with Crippen LogP contribution in [0.25, 0.3) is 0 Å². The molecule has 0 saturated heterocycles. The third kappa shape index (κ3) is 5.54. The molecule has 0 aromatic heterocycles. The number of hydrogen-bond acceptors (Lipinski definition) is 8. The van der Waals surface area contributed by atoms with Gasteiger partial charge in [0.15, 0.2) is 12.7 Å². The van der Waals surface area contributed by atoms with Gasteiger partial charge in [0.25, 0.3) is 0 Å². The second-order valence-electron chi connectivity index (χ2n) is 2.42. The number of aliphatic hydroxyl groups excluding tert-OH is 1. The van der Waals surface area contributed by atoms with Crippen LogP contribution in [0, 0.1) is 0 Å². The topological polar surface area (TPSA) is 136 Å². The van der Waals surface area contributed by atoms with Gasteiger partial charge in [0.1, 0.15) is 0 Å². The fraction of sp³-hybridized carbons (Fsp3) is 0.429. The Morgan fingerprint density at radius 2 is 1.69 bits per heavy atom. The van der Waals surface area contributed by atoms with Crippen LogP contribution in [-0.4, -0.2) is 46.8 Å². The number of aliphatic carboxylic acids is 1. The largest absolute Gasteiger partial charge is 0.479 e. The zero-order valence-electron chi connectivity index (χ0n) is 8.04. The summed E-state index contributed by atoms with van der Waals surface area (Å²) in [5, 5.41) is 16.7. The third-order valence-corrected chi connectivity index (χ3v) is 1.03. The highest BCUT2D eigenvalue weighted by Crippen LogP contribution is 1.91. The maximum atomic E-state index is 10.6. The van der Waals surface area contributed by atoms with E-state index in [-0.39, 0.29) is 0 Å². The Morgan fingerprint density at radius 1 is 1.12 bits per heavy atom. The van der Waals surface area contributed by atoms with E-state index < -0.39 is 36.6 Å². The zero-order valence-corrected chi connectivity index (χ0v) is 8.04. The summed E-state index contributed by atoms with van der Waals surface area (Å²) in [6, 6.07) is 0. The van der Waals surface area contributed by atoms with Crippen LogP contribution in [0.2, 0.25) is 0 Å². The van der Waals surface area contributed by atoms with Gasteiger partial charge in [-0.05, 0) is 6.92 Å². The minimum Gasteiger partial charge on any atom is -0.479 e. The molecule has 0 heterocycles. The molecule has 0 aromatic rings. The fourth-order valence-corrected chi connectivity index (χ4v) is 0.369. The average Bonchev–Trinajstić information content (AvgIpc) is 2.21. The molecule has 9 nitrogen and oxygen atoms in total. The van der Waals surface area contributed by atoms with E-state index in [1.807, 2.05) is 0 Å². The number of ether oxygens (including phenoxy) is 1. The summed E-state index contributed by atoms with van der Waals surface area (Å²) < 4.78 is 3.89. The Hall–Kier alpha value is -2.16. The predicted molar refractivity (Wildman–Crippen MR) is 42.5 cm³/mol. The van der Waals surface area contributed by atoms with Crippen LogP contribution < -0.4 is 0 Å². The van der Waals surface area contributed by atoms with Crippen molar-refractivity contribution in [1.82, 2.24) is 0 Å². The van der Waals surface area contributed by atoms with Gasteiger partial charge in [0.05, 0.1) is 0 Å². The van der Waals surface area contributed by atoms with E-state index in [4.69, 9.17) is 10.2 Å². The molecule has 1 unspecified atom stereocenters. The summed E-state index contributed by atoms with van der Waals surface area (Å²) in [4.78, 5) is 49.1. The quantitative estimate of drug-likeness (QED) is 0.246. The minimum atomic E-state index is -1.71. The van der Waals surface area contributed by atoms with Gasteiger partial charge in [-0.1, -0.05) is 0 Å². The van der Waals surface area contributed by atoms with Crippen molar-refractivity contribution in [2.45, 2.75) is 13.0 Å². The smallest absolute Gasteiger partial charge is 0.462 e. The Morgan fingerprint density at radius 3 is 2.12 bits per heavy atom. The van der Waals surface area contributed by atoms with Crippen molar-refractivity contribution in [2.75, 3.05) is 6.61 Å². The first kappa shape index (κ1) is 13.8. The van der Waals surface area contributed by atoms with Gasteiger partial charge in [-0.3, -0.25) is 0 Å². The molecule has 0 aromatic carbocycles. The number of carbonyl (C=O) groups is 4. The molecule has 0 bridgehead atoms. The van der Waals surface area contributed by atoms with E-state index in [2.05, 4.69) is 14.5 Å². The van der Waals surface area contributed by atoms with Crippen LogP contribution in [0.3, 0.4) is 0 Å². The highest BCUT2D eigenvalue weighted by atomic mass is 17.2. The Kier molecular flexibility index (Phi) is 5.49. The number of rotatable bonds is 3. The molecule has 0 aliphatic carbocycles. The van der Waals surface area contributed by atoms with E-state index in [9.17, 15) is 19.2 Å². The van der Waals surface area contributed by atoms with E-state index in [0.717, 1.165) is 6.92 Å². The van der Waals surface area contributed by atoms with Crippen molar-refractivity contribution in [3.05, 3.63) is 0 Å². The SMILES string of the molecule is CC(O)C(=O)OOC(=O)C(=O)OCC(=O)O. The highest BCUT2D eigenvalue weighted by Gasteiger charge is 2.23. The molecule has 0 spiro atoms. The lowest BCUT2D eigenvalue weighted by Gasteiger charge is -2.03. The molecule has 1 atom stereocenters. The maximum Gasteiger partial charge on any atom is 0.462 e. The lowest BCUT2D eigenvalue weighted by molar-refractivity contribution is -0.264. The van der Waals surface area contributed by atoms with Crippen LogP contribution in [-0.2, 0) is 33.7 Å². The van der Waals surface area contributed by atoms with Crippen LogP contribution >= 0.6 is 0 Å². The molecule has 0 aliphatic heterocycles. The van der Waals surface area contributed by atoms with Crippen molar-refractivity contribution in [1.29, 1.82) is 0 Å². The molecule has 0 saturated carbocycles. The van der Waals surface area contributed by atoms with Crippen LogP contribution in [0.1, 0.15) is 6.92 Å². The molecular formula is C7H8O9. The van der Waals surface area contributed by atoms with Crippen LogP contribution in [0.15, 0.2) is 0 Å². The summed E-state index contributed by atoms with van der Waals surface area (Å²) in [6.45, 7) is 0.0111. The average molecular weight is 236 g/mol. The highest BCUT2D eigenvalue weighted by molar-refractivity contribution is 6.29. The third-order valence-electron chi connectivity index (χ3n) is 1.03. The fourth-order valence-electron chi connectivity index (χ4n) is 0.369. The standard InChI is InChI=1S/C7H8O9/c1-3(8)5(11)15-16-7(13)6(12)14-2-4(9)10/h3,8H,2H2,1H3,(H,9,10). The summed E-state index contributed by atoms with van der Waals surface area (Å²) in [7, 11) is 0. The number of esters is 1. The van der Waals surface area contributed by atoms with Gasteiger partial charge in [0.2, 0.25) is 0 Å². The predicted octanol–water partition coefficient (Wildman–Crippen LogP) is -2.00. The monoisotopic (exact) mass is 236 g/mol. The molecule has 2 N–H and O–H groups in total. The summed E-state index contributed by atoms with van der Waals surface area (Å²) in [5.74, 6) is -6.11. The van der Waals surface area contributed by atoms with Gasteiger partial charge in [-0.2, -0.15) is 0 Å². The Balaban J connectivity index is 3.93. The number of aliphatic hydroxyl groups is 1. The van der Waals surface area contributed by atoms with Crippen molar-refractivity contribution >= 4 is 23.9 Å². The van der Waals surface area contributed by atoms with Gasteiger partial charge in [0, 0.05) is 0 Å². The normalized spacial score (nSPS) is 11.1. The molecule has 0 rings (SSSR count). The van der Waals surface area contributed by atoms with Crippen LogP contribution in [0.5, 0.6) is 0 Å². The summed E-state index contributed by atoms with van der Waals surface area (Å²) in [6.07, 6.45) is -1.54. The summed E-state index contributed by atoms with van der Waals surface area (Å²) in [5.41, 5.74) is 0. The maximum absolute atomic E-state index is 10.6. The van der Waals surface area contributed by atoms with E-state index in [1.165, 1.54) is 0 Å². The Bertz CT molecular complexity index is 305. The van der Waals surface area contributed by atoms with Crippen molar-refractivity contribution in [3.63, 3.8) is 0 Å². The molecule has 0 aliphatic rings. The number of carboxylic acids is 1. The van der Waals surface area contributed by atoms with Crippen molar-refractivity contribution < 1.29 is 43.9 Å². The number of carbonyl (C=O) groups excluding carboxylic acids is 3. The molecule has 9 heteroatoms. The lowest BCUT2D eigenvalue weighted by Crippen LogP contribution is -2.27. The first-order chi connectivity index (χ1) is 7.34. The number of carboxylic acid groups (broad SMARTS) is 1. The molecule has 0 radical (unpaired) electrons. The first-order valence-electron chi connectivity index (χ1n) is 3.84. The van der Waals surface area contributed by atoms with E-state index in [1.54, 1.807) is 0 Å². The Labute approximate surface area is 88.4 Å². The molecule has 0 fully saturated rings. The second-order valence-corrected chi connectivity index (χ2v) is 2.42. The molecule has 90 valence electrons. The van der Waals surface area contributed by atoms with Crippen molar-refractivity contribution in [3.8, 4) is 0 Å². The van der Waals surface area contributed by atoms with Gasteiger partial charge in [-0.15, -0.1) is 0 Å². The van der Waals surface area contributed by atoms with Gasteiger partial charge >= 0.3 is 23.9 Å². The van der Waals surface area contributed by atoms with E-state index in [0.29, 0.717) is 0 Å². The minimum absolute atomic E-state index is 1.03. The molecule has 0 amide bonds. The van der Waals surface area contributed by atoms with Crippen LogP contribution in [0.4, 0.5) is 0 Å². The summed E-state index contributed by atoms with van der Waals surface area (Å²) >= 11 is 0. The first-order valence-corrected chi connectivity index (χ1v) is 3.84. The zero-order chi connectivity index (χ0) is 12.7.